The van der Waals surface area contributed by atoms with Crippen LogP contribution in [0.1, 0.15) is 32.6 Å². The van der Waals surface area contributed by atoms with Crippen molar-refractivity contribution >= 4 is 5.97 Å². The molecule has 1 heterocycles. The lowest BCUT2D eigenvalue weighted by molar-refractivity contribution is -0.169. The molecule has 0 aromatic heterocycles. The fraction of sp³-hybridized carbons (Fsp3) is 0.750. The highest BCUT2D eigenvalue weighted by molar-refractivity contribution is 5.74. The highest BCUT2D eigenvalue weighted by Crippen LogP contribution is 2.16. The van der Waals surface area contributed by atoms with Gasteiger partial charge in [-0.2, -0.15) is 0 Å². The third-order valence-corrected chi connectivity index (χ3v) is 2.78. The van der Waals surface area contributed by atoms with Crippen molar-refractivity contribution < 1.29 is 24.9 Å². The summed E-state index contributed by atoms with van der Waals surface area (Å²) in [5, 5.41) is 29.0. The Bertz CT molecular complexity index is 276. The number of ether oxygens (including phenoxy) is 1. The number of cyclic esters (lactones) is 1. The number of esters is 1. The predicted molar refractivity (Wildman–Crippen MR) is 61.2 cm³/mol. The number of allylic oxidation sites excluding steroid dienone is 1. The molecule has 4 atom stereocenters. The first kappa shape index (κ1) is 14.2. The van der Waals surface area contributed by atoms with Gasteiger partial charge in [-0.25, -0.2) is 4.79 Å². The van der Waals surface area contributed by atoms with Crippen LogP contribution in [0, 0.1) is 0 Å². The van der Waals surface area contributed by atoms with Crippen LogP contribution < -0.4 is 0 Å². The first-order chi connectivity index (χ1) is 8.06. The summed E-state index contributed by atoms with van der Waals surface area (Å²) in [5.74, 6) is -0.731. The first-order valence-electron chi connectivity index (χ1n) is 5.97. The molecule has 0 bridgehead atoms. The average molecular weight is 244 g/mol. The fourth-order valence-electron chi connectivity index (χ4n) is 1.75. The molecule has 0 saturated heterocycles. The summed E-state index contributed by atoms with van der Waals surface area (Å²) in [6.45, 7) is 1.89. The van der Waals surface area contributed by atoms with Crippen LogP contribution in [0.25, 0.3) is 0 Å². The molecule has 0 fully saturated rings. The Morgan fingerprint density at radius 2 is 2.12 bits per heavy atom. The summed E-state index contributed by atoms with van der Waals surface area (Å²) in [5.41, 5.74) is 0. The molecule has 1 aliphatic heterocycles. The summed E-state index contributed by atoms with van der Waals surface area (Å²) in [7, 11) is 0. The van der Waals surface area contributed by atoms with E-state index >= 15 is 0 Å². The Balaban J connectivity index is 2.80. The molecular weight excluding hydrogens is 224 g/mol. The Labute approximate surface area is 101 Å². The molecule has 0 saturated carbocycles. The monoisotopic (exact) mass is 244 g/mol. The van der Waals surface area contributed by atoms with Crippen LogP contribution in [-0.4, -0.2) is 45.7 Å². The quantitative estimate of drug-likeness (QED) is 0.475. The maximum Gasteiger partial charge on any atom is 0.335 e. The predicted octanol–water partition coefficient (Wildman–Crippen LogP) is 0.131. The molecule has 0 amide bonds. The van der Waals surface area contributed by atoms with E-state index in [9.17, 15) is 20.1 Å². The highest BCUT2D eigenvalue weighted by atomic mass is 16.6. The average Bonchev–Trinajstić information content (AvgIpc) is 2.31. The number of carbonyl (C=O) groups is 1. The molecule has 1 rings (SSSR count). The van der Waals surface area contributed by atoms with Gasteiger partial charge in [0.25, 0.3) is 0 Å². The van der Waals surface area contributed by atoms with Crippen molar-refractivity contribution in [1.82, 2.24) is 0 Å². The number of hydrogen-bond donors (Lipinski definition) is 3. The van der Waals surface area contributed by atoms with Crippen molar-refractivity contribution in [1.29, 1.82) is 0 Å². The van der Waals surface area contributed by atoms with Gasteiger partial charge in [0.15, 0.2) is 6.10 Å². The number of hydrogen-bond acceptors (Lipinski definition) is 5. The van der Waals surface area contributed by atoms with Crippen molar-refractivity contribution in [2.45, 2.75) is 57.0 Å². The van der Waals surface area contributed by atoms with Gasteiger partial charge in [-0.05, 0) is 19.3 Å². The van der Waals surface area contributed by atoms with Crippen LogP contribution in [-0.2, 0) is 9.53 Å². The lowest BCUT2D eigenvalue weighted by Gasteiger charge is -2.27. The largest absolute Gasteiger partial charge is 0.458 e. The van der Waals surface area contributed by atoms with Gasteiger partial charge < -0.3 is 20.1 Å². The zero-order valence-electron chi connectivity index (χ0n) is 9.95. The molecule has 4 unspecified atom stereocenters. The van der Waals surface area contributed by atoms with Crippen LogP contribution in [0.5, 0.6) is 0 Å². The minimum absolute atomic E-state index is 0.261. The van der Waals surface area contributed by atoms with E-state index in [1.54, 1.807) is 6.08 Å². The second-order valence-electron chi connectivity index (χ2n) is 4.27. The SMILES string of the molecule is CCCC1OC(=O)C(O)CC/C=C/C(O)C1O. The van der Waals surface area contributed by atoms with Crippen LogP contribution >= 0.6 is 0 Å². The molecule has 3 N–H and O–H groups in total. The highest BCUT2D eigenvalue weighted by Gasteiger charge is 2.30. The third kappa shape index (κ3) is 4.11. The van der Waals surface area contributed by atoms with Gasteiger partial charge in [-0.3, -0.25) is 0 Å². The normalized spacial score (nSPS) is 37.3. The molecule has 0 aromatic rings. The standard InChI is InChI=1S/C12H20O5/c1-2-5-10-11(15)8(13)6-3-4-7-9(14)12(16)17-10/h3,6,8-11,13-15H,2,4-5,7H2,1H3/b6-3+. The Hall–Kier alpha value is -0.910. The number of aliphatic hydroxyl groups excluding tert-OH is 3. The van der Waals surface area contributed by atoms with Crippen LogP contribution in [0.2, 0.25) is 0 Å². The lowest BCUT2D eigenvalue weighted by atomic mass is 10.0. The number of aliphatic hydroxyl groups is 3. The molecule has 0 radical (unpaired) electrons. The van der Waals surface area contributed by atoms with Crippen LogP contribution in [0.15, 0.2) is 12.2 Å². The zero-order chi connectivity index (χ0) is 12.8. The van der Waals surface area contributed by atoms with E-state index < -0.39 is 30.4 Å². The van der Waals surface area contributed by atoms with Crippen LogP contribution in [0.4, 0.5) is 0 Å². The molecule has 98 valence electrons. The second kappa shape index (κ2) is 6.74. The molecule has 0 aromatic carbocycles. The number of rotatable bonds is 2. The molecule has 17 heavy (non-hydrogen) atoms. The summed E-state index contributed by atoms with van der Waals surface area (Å²) in [4.78, 5) is 11.5. The topological polar surface area (TPSA) is 87.0 Å². The van der Waals surface area contributed by atoms with Crippen LogP contribution in [0.3, 0.4) is 0 Å². The van der Waals surface area contributed by atoms with E-state index in [1.165, 1.54) is 6.08 Å². The molecule has 0 aliphatic carbocycles. The first-order valence-corrected chi connectivity index (χ1v) is 5.97. The van der Waals surface area contributed by atoms with Gasteiger partial charge in [0.1, 0.15) is 18.3 Å². The van der Waals surface area contributed by atoms with E-state index in [2.05, 4.69) is 0 Å². The Kier molecular flexibility index (Phi) is 5.61. The fourth-order valence-corrected chi connectivity index (χ4v) is 1.75. The zero-order valence-corrected chi connectivity index (χ0v) is 9.95. The second-order valence-corrected chi connectivity index (χ2v) is 4.27. The Morgan fingerprint density at radius 1 is 1.41 bits per heavy atom. The van der Waals surface area contributed by atoms with E-state index in [-0.39, 0.29) is 6.42 Å². The smallest absolute Gasteiger partial charge is 0.335 e. The molecule has 5 heteroatoms. The van der Waals surface area contributed by atoms with Crippen molar-refractivity contribution in [3.63, 3.8) is 0 Å². The van der Waals surface area contributed by atoms with E-state index in [4.69, 9.17) is 4.74 Å². The van der Waals surface area contributed by atoms with Gasteiger partial charge in [0.2, 0.25) is 0 Å². The summed E-state index contributed by atoms with van der Waals surface area (Å²) in [6, 6.07) is 0. The van der Waals surface area contributed by atoms with Crippen molar-refractivity contribution in [2.24, 2.45) is 0 Å². The summed E-state index contributed by atoms with van der Waals surface area (Å²) < 4.78 is 5.03. The molecule has 0 spiro atoms. The maximum atomic E-state index is 11.5. The maximum absolute atomic E-state index is 11.5. The van der Waals surface area contributed by atoms with Crippen molar-refractivity contribution in [3.8, 4) is 0 Å². The third-order valence-electron chi connectivity index (χ3n) is 2.78. The Morgan fingerprint density at radius 3 is 2.76 bits per heavy atom. The van der Waals surface area contributed by atoms with Crippen molar-refractivity contribution in [2.75, 3.05) is 0 Å². The summed E-state index contributed by atoms with van der Waals surface area (Å²) in [6.07, 6.45) is 0.857. The number of carbonyl (C=O) groups excluding carboxylic acids is 1. The van der Waals surface area contributed by atoms with Gasteiger partial charge in [0, 0.05) is 0 Å². The minimum atomic E-state index is -1.17. The molecule has 1 aliphatic rings. The lowest BCUT2D eigenvalue weighted by Crippen LogP contribution is -2.41. The van der Waals surface area contributed by atoms with Crippen molar-refractivity contribution in [3.05, 3.63) is 12.2 Å². The van der Waals surface area contributed by atoms with Gasteiger partial charge >= 0.3 is 5.97 Å². The van der Waals surface area contributed by atoms with Gasteiger partial charge in [-0.1, -0.05) is 25.5 Å². The van der Waals surface area contributed by atoms with E-state index in [0.717, 1.165) is 0 Å². The van der Waals surface area contributed by atoms with Gasteiger partial charge in [-0.15, -0.1) is 0 Å². The molecule has 5 nitrogen and oxygen atoms in total. The summed E-state index contributed by atoms with van der Waals surface area (Å²) >= 11 is 0. The van der Waals surface area contributed by atoms with E-state index in [1.807, 2.05) is 6.92 Å². The van der Waals surface area contributed by atoms with E-state index in [0.29, 0.717) is 19.3 Å². The minimum Gasteiger partial charge on any atom is -0.458 e. The van der Waals surface area contributed by atoms with Gasteiger partial charge in [0.05, 0.1) is 0 Å². The molecular formula is C12H20O5.